The molecule has 0 aromatic carbocycles. The van der Waals surface area contributed by atoms with Gasteiger partial charge in [-0.1, -0.05) is 6.42 Å². The maximum absolute atomic E-state index is 6.59. The molecule has 0 aromatic rings. The van der Waals surface area contributed by atoms with Crippen LogP contribution in [0.3, 0.4) is 0 Å². The van der Waals surface area contributed by atoms with Crippen molar-refractivity contribution in [1.29, 1.82) is 0 Å². The van der Waals surface area contributed by atoms with Crippen LogP contribution in [0.25, 0.3) is 0 Å². The Morgan fingerprint density at radius 2 is 1.42 bits per heavy atom. The number of likely N-dealkylation sites (tertiary alicyclic amines) is 1. The Bertz CT molecular complexity index is 622. The molecule has 0 aliphatic carbocycles. The second-order valence-corrected chi connectivity index (χ2v) is 10.9. The minimum absolute atomic E-state index is 0.119. The van der Waals surface area contributed by atoms with Gasteiger partial charge in [-0.2, -0.15) is 0 Å². The average Bonchev–Trinajstić information content (AvgIpc) is 3.22. The highest BCUT2D eigenvalue weighted by molar-refractivity contribution is 5.25. The Morgan fingerprint density at radius 1 is 0.667 bits per heavy atom. The summed E-state index contributed by atoms with van der Waals surface area (Å²) < 4.78 is 19.1. The van der Waals surface area contributed by atoms with Gasteiger partial charge in [-0.05, 0) is 38.5 Å². The molecule has 8 heteroatoms. The third-order valence-electron chi connectivity index (χ3n) is 9.47. The lowest BCUT2D eigenvalue weighted by Gasteiger charge is -2.67. The summed E-state index contributed by atoms with van der Waals surface area (Å²) >= 11 is 0. The van der Waals surface area contributed by atoms with Crippen LogP contribution in [0.2, 0.25) is 0 Å². The Labute approximate surface area is 199 Å². The van der Waals surface area contributed by atoms with E-state index in [-0.39, 0.29) is 17.4 Å². The average molecular weight is 464 g/mol. The van der Waals surface area contributed by atoms with Gasteiger partial charge in [-0.25, -0.2) is 0 Å². The quantitative estimate of drug-likeness (QED) is 0.617. The van der Waals surface area contributed by atoms with Gasteiger partial charge in [-0.15, -0.1) is 0 Å². The minimum atomic E-state index is -0.205. The fourth-order valence-electron chi connectivity index (χ4n) is 8.08. The van der Waals surface area contributed by atoms with E-state index in [2.05, 4.69) is 25.3 Å². The third kappa shape index (κ3) is 3.71. The highest BCUT2D eigenvalue weighted by atomic mass is 16.5. The van der Waals surface area contributed by atoms with Crippen LogP contribution in [0.15, 0.2) is 0 Å². The number of nitrogens with one attached hydrogen (secondary N) is 2. The molecular formula is C25H45N5O3. The van der Waals surface area contributed by atoms with Crippen LogP contribution in [0, 0.1) is 5.92 Å². The van der Waals surface area contributed by atoms with Gasteiger partial charge < -0.3 is 19.5 Å². The molecule has 0 saturated carbocycles. The van der Waals surface area contributed by atoms with E-state index in [0.29, 0.717) is 12.0 Å². The van der Waals surface area contributed by atoms with Gasteiger partial charge in [0.05, 0.1) is 25.4 Å². The van der Waals surface area contributed by atoms with E-state index in [4.69, 9.17) is 14.2 Å². The molecule has 188 valence electrons. The molecule has 0 spiro atoms. The fraction of sp³-hybridized carbons (Fsp3) is 1.00. The van der Waals surface area contributed by atoms with Crippen molar-refractivity contribution in [2.24, 2.45) is 5.92 Å². The predicted molar refractivity (Wildman–Crippen MR) is 127 cm³/mol. The Kier molecular flexibility index (Phi) is 6.98. The molecule has 8 nitrogen and oxygen atoms in total. The number of hydrogen-bond acceptors (Lipinski definition) is 8. The van der Waals surface area contributed by atoms with Crippen LogP contribution in [-0.4, -0.2) is 124 Å². The summed E-state index contributed by atoms with van der Waals surface area (Å²) in [6.07, 6.45) is 9.34. The largest absolute Gasteiger partial charge is 0.379 e. The zero-order valence-electron chi connectivity index (χ0n) is 20.4. The third-order valence-corrected chi connectivity index (χ3v) is 9.47. The van der Waals surface area contributed by atoms with Crippen LogP contribution < -0.4 is 10.6 Å². The van der Waals surface area contributed by atoms with Crippen LogP contribution >= 0.6 is 0 Å². The van der Waals surface area contributed by atoms with Gasteiger partial charge in [0.15, 0.2) is 5.79 Å². The van der Waals surface area contributed by atoms with E-state index >= 15 is 0 Å². The van der Waals surface area contributed by atoms with Crippen molar-refractivity contribution in [1.82, 2.24) is 25.3 Å². The van der Waals surface area contributed by atoms with Gasteiger partial charge in [0.25, 0.3) is 0 Å². The van der Waals surface area contributed by atoms with Gasteiger partial charge in [0, 0.05) is 78.0 Å². The molecule has 6 heterocycles. The molecular weight excluding hydrogens is 418 g/mol. The van der Waals surface area contributed by atoms with E-state index in [9.17, 15) is 0 Å². The normalized spacial score (nSPS) is 44.5. The Hall–Kier alpha value is -0.320. The first-order valence-corrected chi connectivity index (χ1v) is 13.9. The number of nitrogens with zero attached hydrogens (tertiary/aromatic N) is 3. The molecule has 0 radical (unpaired) electrons. The summed E-state index contributed by atoms with van der Waals surface area (Å²) in [4.78, 5) is 8.48. The molecule has 0 amide bonds. The molecule has 6 rings (SSSR count). The standard InChI is InChI=1S/C25H45N5O3/c1-3-10-29(11-4-1)25(30-12-8-26-9-13-30)24(23-7-17-33-23,28-14-18-31-19-15-28)21(20-27-25)22-6-2-5-16-32-22/h21-23,26-27H,1-20H2. The minimum Gasteiger partial charge on any atom is -0.379 e. The smallest absolute Gasteiger partial charge is 0.150 e. The summed E-state index contributed by atoms with van der Waals surface area (Å²) in [5, 5.41) is 7.90. The number of piperidine rings is 1. The summed E-state index contributed by atoms with van der Waals surface area (Å²) in [5.41, 5.74) is -0.119. The molecule has 0 aromatic heterocycles. The Morgan fingerprint density at radius 3 is 2.09 bits per heavy atom. The van der Waals surface area contributed by atoms with Crippen molar-refractivity contribution in [2.75, 3.05) is 85.3 Å². The van der Waals surface area contributed by atoms with Gasteiger partial charge in [0.1, 0.15) is 5.54 Å². The lowest BCUT2D eigenvalue weighted by atomic mass is 9.67. The summed E-state index contributed by atoms with van der Waals surface area (Å²) in [5.74, 6) is 0.224. The Balaban J connectivity index is 1.50. The van der Waals surface area contributed by atoms with Crippen molar-refractivity contribution >= 4 is 0 Å². The highest BCUT2D eigenvalue weighted by Crippen LogP contribution is 2.53. The molecule has 2 N–H and O–H groups in total. The number of hydrogen-bond donors (Lipinski definition) is 2. The summed E-state index contributed by atoms with van der Waals surface area (Å²) in [7, 11) is 0. The first-order chi connectivity index (χ1) is 16.4. The number of piperazine rings is 1. The number of rotatable bonds is 5. The molecule has 5 unspecified atom stereocenters. The zero-order valence-corrected chi connectivity index (χ0v) is 20.4. The monoisotopic (exact) mass is 463 g/mol. The molecule has 6 aliphatic rings. The van der Waals surface area contributed by atoms with Gasteiger partial charge >= 0.3 is 0 Å². The van der Waals surface area contributed by atoms with Crippen molar-refractivity contribution in [3.8, 4) is 0 Å². The second kappa shape index (κ2) is 9.97. The second-order valence-electron chi connectivity index (χ2n) is 10.9. The molecule has 33 heavy (non-hydrogen) atoms. The van der Waals surface area contributed by atoms with Gasteiger partial charge in [-0.3, -0.25) is 20.0 Å². The van der Waals surface area contributed by atoms with E-state index < -0.39 is 0 Å². The van der Waals surface area contributed by atoms with E-state index in [1.54, 1.807) is 0 Å². The van der Waals surface area contributed by atoms with E-state index in [1.165, 1.54) is 51.6 Å². The predicted octanol–water partition coefficient (Wildman–Crippen LogP) is 0.680. The maximum atomic E-state index is 6.59. The maximum Gasteiger partial charge on any atom is 0.150 e. The zero-order chi connectivity index (χ0) is 22.1. The van der Waals surface area contributed by atoms with Gasteiger partial charge in [0.2, 0.25) is 0 Å². The molecule has 6 fully saturated rings. The number of morpholine rings is 1. The highest BCUT2D eigenvalue weighted by Gasteiger charge is 2.73. The summed E-state index contributed by atoms with van der Waals surface area (Å²) in [6.45, 7) is 13.1. The van der Waals surface area contributed by atoms with Crippen molar-refractivity contribution in [3.05, 3.63) is 0 Å². The number of ether oxygens (including phenoxy) is 3. The topological polar surface area (TPSA) is 61.5 Å². The lowest BCUT2D eigenvalue weighted by Crippen LogP contribution is -2.87. The van der Waals surface area contributed by atoms with Crippen molar-refractivity contribution in [3.63, 3.8) is 0 Å². The van der Waals surface area contributed by atoms with E-state index in [0.717, 1.165) is 78.7 Å². The van der Waals surface area contributed by atoms with E-state index in [1.807, 2.05) is 0 Å². The summed E-state index contributed by atoms with van der Waals surface area (Å²) in [6, 6.07) is 0. The first-order valence-electron chi connectivity index (χ1n) is 13.9. The van der Waals surface area contributed by atoms with Crippen molar-refractivity contribution in [2.45, 2.75) is 68.5 Å². The van der Waals surface area contributed by atoms with Crippen LogP contribution in [0.1, 0.15) is 44.9 Å². The van der Waals surface area contributed by atoms with Crippen LogP contribution in [-0.2, 0) is 14.2 Å². The van der Waals surface area contributed by atoms with Crippen LogP contribution in [0.5, 0.6) is 0 Å². The SMILES string of the molecule is C1CCN(C2(N3CCNCC3)NCC(C3CCCCO3)C2(C2CCO2)N2CCOCC2)CC1. The molecule has 5 atom stereocenters. The fourth-order valence-corrected chi connectivity index (χ4v) is 8.08. The van der Waals surface area contributed by atoms with Crippen LogP contribution in [0.4, 0.5) is 0 Å². The molecule has 6 saturated heterocycles. The van der Waals surface area contributed by atoms with Crippen molar-refractivity contribution < 1.29 is 14.2 Å². The first kappa shape index (κ1) is 23.1. The lowest BCUT2D eigenvalue weighted by molar-refractivity contribution is -0.268. The molecule has 6 aliphatic heterocycles. The molecule has 0 bridgehead atoms.